The van der Waals surface area contributed by atoms with Crippen molar-refractivity contribution in [2.45, 2.75) is 40.0 Å². The maximum atomic E-state index is 13.1. The van der Waals surface area contributed by atoms with Crippen LogP contribution in [0.25, 0.3) is 0 Å². The van der Waals surface area contributed by atoms with Crippen LogP contribution in [-0.2, 0) is 9.59 Å². The van der Waals surface area contributed by atoms with Gasteiger partial charge in [-0.05, 0) is 55.5 Å². The third kappa shape index (κ3) is 4.57. The van der Waals surface area contributed by atoms with E-state index in [-0.39, 0.29) is 48.0 Å². The largest absolute Gasteiger partial charge is 0.369 e. The summed E-state index contributed by atoms with van der Waals surface area (Å²) in [6.45, 7) is 11.7. The van der Waals surface area contributed by atoms with Crippen LogP contribution in [0, 0.1) is 16.7 Å². The fourth-order valence-electron chi connectivity index (χ4n) is 5.45. The molecule has 2 bridgehead atoms. The van der Waals surface area contributed by atoms with Crippen molar-refractivity contribution in [1.29, 1.82) is 0 Å². The van der Waals surface area contributed by atoms with Gasteiger partial charge in [-0.3, -0.25) is 19.4 Å². The fourth-order valence-corrected chi connectivity index (χ4v) is 5.57. The van der Waals surface area contributed by atoms with Gasteiger partial charge >= 0.3 is 0 Å². The van der Waals surface area contributed by atoms with Crippen molar-refractivity contribution in [2.75, 3.05) is 44.2 Å². The molecule has 0 aromatic heterocycles. The predicted octanol–water partition coefficient (Wildman–Crippen LogP) is 4.51. The number of benzene rings is 1. The van der Waals surface area contributed by atoms with Gasteiger partial charge in [-0.1, -0.05) is 32.4 Å². The van der Waals surface area contributed by atoms with E-state index < -0.39 is 5.41 Å². The molecule has 2 atom stereocenters. The Hall–Kier alpha value is -1.01. The molecule has 31 heavy (non-hydrogen) atoms. The first-order chi connectivity index (χ1) is 13.7. The molecule has 1 saturated carbocycles. The van der Waals surface area contributed by atoms with Gasteiger partial charge in [-0.2, -0.15) is 0 Å². The third-order valence-corrected chi connectivity index (χ3v) is 8.18. The number of piperidine rings is 1. The minimum absolute atomic E-state index is 0. The summed E-state index contributed by atoms with van der Waals surface area (Å²) < 4.78 is 0. The molecule has 2 aliphatic heterocycles. The predicted molar refractivity (Wildman–Crippen MR) is 131 cm³/mol. The van der Waals surface area contributed by atoms with Crippen molar-refractivity contribution in [3.63, 3.8) is 0 Å². The van der Waals surface area contributed by atoms with Gasteiger partial charge in [-0.15, -0.1) is 24.8 Å². The van der Waals surface area contributed by atoms with Crippen molar-refractivity contribution in [1.82, 2.24) is 9.80 Å². The molecule has 0 spiro atoms. The first kappa shape index (κ1) is 26.2. The number of rotatable bonds is 5. The smallest absolute Gasteiger partial charge is 0.235 e. The number of amides is 2. The van der Waals surface area contributed by atoms with E-state index in [9.17, 15) is 9.59 Å². The average Bonchev–Trinajstić information content (AvgIpc) is 2.89. The normalized spacial score (nSPS) is 27.7. The summed E-state index contributed by atoms with van der Waals surface area (Å²) in [4.78, 5) is 32.4. The fraction of sp³-hybridized carbons (Fsp3) is 0.652. The molecule has 4 rings (SSSR count). The Morgan fingerprint density at radius 3 is 2.19 bits per heavy atom. The number of piperazine rings is 1. The maximum absolute atomic E-state index is 13.1. The van der Waals surface area contributed by atoms with Crippen LogP contribution < -0.4 is 4.90 Å². The number of carbonyl (C=O) groups excluding carboxylic acids is 2. The SMILES string of the molecule is CC12CCC(C(=O)N(CCCN3CCN(c4ccc(Cl)cc4)CC3)C1=O)C2(C)C.Cl.Cl. The summed E-state index contributed by atoms with van der Waals surface area (Å²) in [6, 6.07) is 8.01. The van der Waals surface area contributed by atoms with Crippen molar-refractivity contribution in [3.05, 3.63) is 29.3 Å². The topological polar surface area (TPSA) is 43.9 Å². The van der Waals surface area contributed by atoms with E-state index in [1.807, 2.05) is 12.1 Å². The van der Waals surface area contributed by atoms with Crippen molar-refractivity contribution >= 4 is 53.9 Å². The van der Waals surface area contributed by atoms with Crippen molar-refractivity contribution < 1.29 is 9.59 Å². The van der Waals surface area contributed by atoms with Gasteiger partial charge in [0.25, 0.3) is 0 Å². The number of anilines is 1. The number of imide groups is 1. The number of hydrogen-bond acceptors (Lipinski definition) is 4. The molecule has 0 N–H and O–H groups in total. The van der Waals surface area contributed by atoms with E-state index in [1.54, 1.807) is 4.90 Å². The first-order valence-electron chi connectivity index (χ1n) is 10.8. The lowest BCUT2D eigenvalue weighted by Gasteiger charge is -2.47. The lowest BCUT2D eigenvalue weighted by Crippen LogP contribution is -2.59. The van der Waals surface area contributed by atoms with Crippen LogP contribution in [0.15, 0.2) is 24.3 Å². The number of halogens is 3. The summed E-state index contributed by atoms with van der Waals surface area (Å²) in [5, 5.41) is 0.764. The van der Waals surface area contributed by atoms with Gasteiger partial charge in [0.05, 0.1) is 5.41 Å². The van der Waals surface area contributed by atoms with Crippen LogP contribution in [0.3, 0.4) is 0 Å². The Morgan fingerprint density at radius 1 is 0.968 bits per heavy atom. The Kier molecular flexibility index (Phi) is 8.35. The second-order valence-electron chi connectivity index (χ2n) is 9.60. The second kappa shape index (κ2) is 9.86. The molecule has 1 aliphatic carbocycles. The molecule has 1 aromatic carbocycles. The van der Waals surface area contributed by atoms with E-state index in [0.717, 1.165) is 57.0 Å². The lowest BCUT2D eigenvalue weighted by molar-refractivity contribution is -0.167. The van der Waals surface area contributed by atoms with Gasteiger partial charge in [0.2, 0.25) is 11.8 Å². The second-order valence-corrected chi connectivity index (χ2v) is 10.0. The van der Waals surface area contributed by atoms with E-state index >= 15 is 0 Å². The van der Waals surface area contributed by atoms with Crippen molar-refractivity contribution in [2.24, 2.45) is 16.7 Å². The molecule has 0 radical (unpaired) electrons. The molecule has 2 unspecified atom stereocenters. The highest BCUT2D eigenvalue weighted by Crippen LogP contribution is 2.60. The summed E-state index contributed by atoms with van der Waals surface area (Å²) in [5.74, 6) is 0.101. The summed E-state index contributed by atoms with van der Waals surface area (Å²) in [6.07, 6.45) is 2.53. The summed E-state index contributed by atoms with van der Waals surface area (Å²) in [5.41, 5.74) is 0.593. The molecular weight excluding hydrogens is 457 g/mol. The minimum Gasteiger partial charge on any atom is -0.369 e. The highest BCUT2D eigenvalue weighted by Gasteiger charge is 2.64. The van der Waals surface area contributed by atoms with Crippen molar-refractivity contribution in [3.8, 4) is 0 Å². The molecule has 174 valence electrons. The van der Waals surface area contributed by atoms with E-state index in [4.69, 9.17) is 11.6 Å². The van der Waals surface area contributed by atoms with E-state index in [0.29, 0.717) is 6.54 Å². The van der Waals surface area contributed by atoms with Crippen LogP contribution in [0.5, 0.6) is 0 Å². The number of fused-ring (bicyclic) bond motifs is 2. The summed E-state index contributed by atoms with van der Waals surface area (Å²) in [7, 11) is 0. The number of carbonyl (C=O) groups is 2. The zero-order valence-corrected chi connectivity index (χ0v) is 21.0. The van der Waals surface area contributed by atoms with Crippen LogP contribution >= 0.6 is 36.4 Å². The Balaban J connectivity index is 0.00000171. The van der Waals surface area contributed by atoms with Crippen LogP contribution in [-0.4, -0.2) is 60.9 Å². The molecule has 2 saturated heterocycles. The van der Waals surface area contributed by atoms with Gasteiger partial charge in [0.1, 0.15) is 0 Å². The molecule has 5 nitrogen and oxygen atoms in total. The molecular formula is C23H34Cl3N3O2. The number of nitrogens with zero attached hydrogens (tertiary/aromatic N) is 3. The molecule has 1 aromatic rings. The van der Waals surface area contributed by atoms with Gasteiger partial charge < -0.3 is 4.90 Å². The molecule has 2 heterocycles. The zero-order chi connectivity index (χ0) is 20.8. The van der Waals surface area contributed by atoms with Gasteiger partial charge in [0, 0.05) is 49.4 Å². The maximum Gasteiger partial charge on any atom is 0.235 e. The van der Waals surface area contributed by atoms with Crippen LogP contribution in [0.1, 0.15) is 40.0 Å². The standard InChI is InChI=1S/C23H32ClN3O2.2ClH/c1-22(2)19-9-10-23(22,3)21(29)27(20(19)28)12-4-11-25-13-15-26(16-14-25)18-7-5-17(24)6-8-18;;/h5-8,19H,4,9-16H2,1-3H3;2*1H. The Bertz CT molecular complexity index is 794. The molecule has 3 aliphatic rings. The quantitative estimate of drug-likeness (QED) is 0.570. The number of likely N-dealkylation sites (tertiary alicyclic amines) is 1. The summed E-state index contributed by atoms with van der Waals surface area (Å²) >= 11 is 5.98. The Labute approximate surface area is 203 Å². The van der Waals surface area contributed by atoms with Crippen LogP contribution in [0.4, 0.5) is 5.69 Å². The van der Waals surface area contributed by atoms with E-state index in [2.05, 4.69) is 42.7 Å². The van der Waals surface area contributed by atoms with Crippen LogP contribution in [0.2, 0.25) is 5.02 Å². The molecule has 8 heteroatoms. The first-order valence-corrected chi connectivity index (χ1v) is 11.2. The Morgan fingerprint density at radius 2 is 1.58 bits per heavy atom. The average molecular weight is 491 g/mol. The molecule has 3 fully saturated rings. The molecule has 2 amide bonds. The van der Waals surface area contributed by atoms with E-state index in [1.165, 1.54) is 5.69 Å². The monoisotopic (exact) mass is 489 g/mol. The van der Waals surface area contributed by atoms with Gasteiger partial charge in [0.15, 0.2) is 0 Å². The third-order valence-electron chi connectivity index (χ3n) is 7.93. The number of hydrogen-bond donors (Lipinski definition) is 0. The van der Waals surface area contributed by atoms with Gasteiger partial charge in [-0.25, -0.2) is 0 Å². The minimum atomic E-state index is -0.393. The zero-order valence-electron chi connectivity index (χ0n) is 18.6. The lowest BCUT2D eigenvalue weighted by atomic mass is 9.62. The highest BCUT2D eigenvalue weighted by molar-refractivity contribution is 6.30. The highest BCUT2D eigenvalue weighted by atomic mass is 35.5.